The first-order valence-corrected chi connectivity index (χ1v) is 6.39. The van der Waals surface area contributed by atoms with Crippen LogP contribution in [0.3, 0.4) is 0 Å². The Morgan fingerprint density at radius 2 is 2.33 bits per heavy atom. The molecule has 1 saturated heterocycles. The van der Waals surface area contributed by atoms with Crippen LogP contribution in [0.2, 0.25) is 0 Å². The van der Waals surface area contributed by atoms with Gasteiger partial charge in [0, 0.05) is 18.4 Å². The molecule has 82 valence electrons. The van der Waals surface area contributed by atoms with Gasteiger partial charge in [0.25, 0.3) is 0 Å². The summed E-state index contributed by atoms with van der Waals surface area (Å²) >= 11 is 0. The first-order chi connectivity index (χ1) is 7.10. The standard InChI is InChI=1S/C9H13N3O2S/c1-7-2-5-11-9(12-7)15(13,14)8-3-4-10-6-8/h2,5,8,10H,3-4,6H2,1H3/t8-/m1/s1. The zero-order chi connectivity index (χ0) is 10.9. The predicted molar refractivity (Wildman–Crippen MR) is 55.2 cm³/mol. The fraction of sp³-hybridized carbons (Fsp3) is 0.556. The van der Waals surface area contributed by atoms with E-state index in [0.717, 1.165) is 6.54 Å². The number of nitrogens with zero attached hydrogens (tertiary/aromatic N) is 2. The highest BCUT2D eigenvalue weighted by molar-refractivity contribution is 7.91. The molecule has 1 aliphatic rings. The number of aromatic nitrogens is 2. The molecule has 0 bridgehead atoms. The molecule has 0 spiro atoms. The largest absolute Gasteiger partial charge is 0.315 e. The summed E-state index contributed by atoms with van der Waals surface area (Å²) in [6.45, 7) is 3.00. The molecule has 1 N–H and O–H groups in total. The van der Waals surface area contributed by atoms with Gasteiger partial charge in [0.15, 0.2) is 0 Å². The molecule has 6 heteroatoms. The number of nitrogens with one attached hydrogen (secondary N) is 1. The average Bonchev–Trinajstić information content (AvgIpc) is 2.71. The third-order valence-electron chi connectivity index (χ3n) is 2.48. The minimum atomic E-state index is -3.35. The molecular weight excluding hydrogens is 214 g/mol. The SMILES string of the molecule is Cc1ccnc(S(=O)(=O)[C@@H]2CCNC2)n1. The molecule has 0 aromatic carbocycles. The lowest BCUT2D eigenvalue weighted by Gasteiger charge is -2.08. The number of sulfone groups is 1. The molecule has 2 heterocycles. The summed E-state index contributed by atoms with van der Waals surface area (Å²) in [5, 5.41) is 2.61. The lowest BCUT2D eigenvalue weighted by Crippen LogP contribution is -2.25. The highest BCUT2D eigenvalue weighted by Crippen LogP contribution is 2.16. The van der Waals surface area contributed by atoms with Crippen LogP contribution in [-0.4, -0.2) is 36.7 Å². The van der Waals surface area contributed by atoms with Crippen LogP contribution in [0.15, 0.2) is 17.4 Å². The molecule has 1 atom stereocenters. The average molecular weight is 227 g/mol. The predicted octanol–water partition coefficient (Wildman–Crippen LogP) is -0.0794. The van der Waals surface area contributed by atoms with Crippen molar-refractivity contribution in [1.82, 2.24) is 15.3 Å². The van der Waals surface area contributed by atoms with Crippen molar-refractivity contribution >= 4 is 9.84 Å². The lowest BCUT2D eigenvalue weighted by molar-refractivity contribution is 0.573. The molecule has 1 aromatic rings. The second kappa shape index (κ2) is 3.86. The Balaban J connectivity index is 2.36. The second-order valence-corrected chi connectivity index (χ2v) is 5.76. The third kappa shape index (κ3) is 2.00. The van der Waals surface area contributed by atoms with Crippen LogP contribution in [0, 0.1) is 6.92 Å². The topological polar surface area (TPSA) is 72.0 Å². The molecule has 0 unspecified atom stereocenters. The Hall–Kier alpha value is -1.01. The summed E-state index contributed by atoms with van der Waals surface area (Å²) < 4.78 is 24.0. The Bertz CT molecular complexity index is 452. The van der Waals surface area contributed by atoms with Gasteiger partial charge in [0.1, 0.15) is 0 Å². The molecule has 1 fully saturated rings. The van der Waals surface area contributed by atoms with E-state index in [9.17, 15) is 8.42 Å². The Morgan fingerprint density at radius 3 is 2.93 bits per heavy atom. The summed E-state index contributed by atoms with van der Waals surface area (Å²) in [7, 11) is -3.35. The Kier molecular flexibility index (Phi) is 2.70. The van der Waals surface area contributed by atoms with Crippen molar-refractivity contribution < 1.29 is 8.42 Å². The highest BCUT2D eigenvalue weighted by atomic mass is 32.2. The maximum Gasteiger partial charge on any atom is 0.247 e. The van der Waals surface area contributed by atoms with Gasteiger partial charge in [-0.2, -0.15) is 0 Å². The number of aryl methyl sites for hydroxylation is 1. The van der Waals surface area contributed by atoms with Crippen molar-refractivity contribution in [3.05, 3.63) is 18.0 Å². The van der Waals surface area contributed by atoms with Crippen molar-refractivity contribution in [1.29, 1.82) is 0 Å². The molecule has 0 radical (unpaired) electrons. The molecule has 1 aliphatic heterocycles. The van der Waals surface area contributed by atoms with E-state index in [4.69, 9.17) is 0 Å². The van der Waals surface area contributed by atoms with Crippen molar-refractivity contribution in [3.63, 3.8) is 0 Å². The van der Waals surface area contributed by atoms with Crippen molar-refractivity contribution in [2.24, 2.45) is 0 Å². The minimum absolute atomic E-state index is 0.0452. The van der Waals surface area contributed by atoms with Gasteiger partial charge in [-0.15, -0.1) is 0 Å². The molecule has 1 aromatic heterocycles. The van der Waals surface area contributed by atoms with Gasteiger partial charge in [-0.25, -0.2) is 18.4 Å². The van der Waals surface area contributed by atoms with E-state index >= 15 is 0 Å². The van der Waals surface area contributed by atoms with E-state index in [1.54, 1.807) is 13.0 Å². The first kappa shape index (κ1) is 10.5. The maximum absolute atomic E-state index is 12.0. The normalized spacial score (nSPS) is 21.8. The maximum atomic E-state index is 12.0. The van der Waals surface area contributed by atoms with E-state index < -0.39 is 9.84 Å². The van der Waals surface area contributed by atoms with Gasteiger partial charge < -0.3 is 5.32 Å². The van der Waals surface area contributed by atoms with Gasteiger partial charge in [-0.1, -0.05) is 0 Å². The summed E-state index contributed by atoms with van der Waals surface area (Å²) in [4.78, 5) is 7.79. The molecule has 0 saturated carbocycles. The highest BCUT2D eigenvalue weighted by Gasteiger charge is 2.32. The van der Waals surface area contributed by atoms with E-state index in [0.29, 0.717) is 18.7 Å². The van der Waals surface area contributed by atoms with Crippen LogP contribution in [0.4, 0.5) is 0 Å². The van der Waals surface area contributed by atoms with Crippen LogP contribution >= 0.6 is 0 Å². The van der Waals surface area contributed by atoms with Gasteiger partial charge in [0.05, 0.1) is 5.25 Å². The van der Waals surface area contributed by atoms with Crippen LogP contribution in [0.5, 0.6) is 0 Å². The van der Waals surface area contributed by atoms with Crippen LogP contribution in [-0.2, 0) is 9.84 Å². The number of rotatable bonds is 2. The van der Waals surface area contributed by atoms with E-state index in [1.165, 1.54) is 6.20 Å². The number of hydrogen-bond donors (Lipinski definition) is 1. The zero-order valence-electron chi connectivity index (χ0n) is 8.47. The zero-order valence-corrected chi connectivity index (χ0v) is 9.29. The summed E-state index contributed by atoms with van der Waals surface area (Å²) in [6, 6.07) is 1.69. The molecule has 2 rings (SSSR count). The van der Waals surface area contributed by atoms with Gasteiger partial charge >= 0.3 is 0 Å². The van der Waals surface area contributed by atoms with Gasteiger partial charge in [0.2, 0.25) is 15.0 Å². The fourth-order valence-corrected chi connectivity index (χ4v) is 3.15. The van der Waals surface area contributed by atoms with E-state index in [-0.39, 0.29) is 10.4 Å². The molecule has 0 aliphatic carbocycles. The van der Waals surface area contributed by atoms with Gasteiger partial charge in [-0.3, -0.25) is 0 Å². The quantitative estimate of drug-likeness (QED) is 0.715. The fourth-order valence-electron chi connectivity index (χ4n) is 1.61. The summed E-state index contributed by atoms with van der Waals surface area (Å²) in [5.74, 6) is 0. The Labute approximate surface area is 88.9 Å². The van der Waals surface area contributed by atoms with Crippen LogP contribution in [0.25, 0.3) is 0 Å². The molecule has 5 nitrogen and oxygen atoms in total. The minimum Gasteiger partial charge on any atom is -0.315 e. The smallest absolute Gasteiger partial charge is 0.247 e. The van der Waals surface area contributed by atoms with Crippen LogP contribution in [0.1, 0.15) is 12.1 Å². The first-order valence-electron chi connectivity index (χ1n) is 4.85. The number of hydrogen-bond acceptors (Lipinski definition) is 5. The van der Waals surface area contributed by atoms with Crippen molar-refractivity contribution in [2.75, 3.05) is 13.1 Å². The monoisotopic (exact) mass is 227 g/mol. The molecule has 0 amide bonds. The van der Waals surface area contributed by atoms with Crippen molar-refractivity contribution in [2.45, 2.75) is 23.8 Å². The van der Waals surface area contributed by atoms with E-state index in [1.807, 2.05) is 0 Å². The summed E-state index contributed by atoms with van der Waals surface area (Å²) in [5.41, 5.74) is 0.675. The molecular formula is C9H13N3O2S. The van der Waals surface area contributed by atoms with Crippen molar-refractivity contribution in [3.8, 4) is 0 Å². The van der Waals surface area contributed by atoms with E-state index in [2.05, 4.69) is 15.3 Å². The molecule has 15 heavy (non-hydrogen) atoms. The third-order valence-corrected chi connectivity index (χ3v) is 4.47. The summed E-state index contributed by atoms with van der Waals surface area (Å²) in [6.07, 6.45) is 2.12. The van der Waals surface area contributed by atoms with Crippen LogP contribution < -0.4 is 5.32 Å². The van der Waals surface area contributed by atoms with Gasteiger partial charge in [-0.05, 0) is 26.0 Å². The lowest BCUT2D eigenvalue weighted by atomic mass is 10.4. The second-order valence-electron chi connectivity index (χ2n) is 3.64. The Morgan fingerprint density at radius 1 is 1.53 bits per heavy atom.